The van der Waals surface area contributed by atoms with E-state index in [1.54, 1.807) is 12.1 Å². The number of hydrogen-bond donors (Lipinski definition) is 1. The van der Waals surface area contributed by atoms with E-state index in [-0.39, 0.29) is 11.8 Å². The number of sulfonamides is 1. The number of likely N-dealkylation sites (tertiary alicyclic amines) is 1. The summed E-state index contributed by atoms with van der Waals surface area (Å²) >= 11 is 0. The molecule has 0 bridgehead atoms. The summed E-state index contributed by atoms with van der Waals surface area (Å²) in [7, 11) is -3.40. The van der Waals surface area contributed by atoms with Crippen molar-refractivity contribution in [3.63, 3.8) is 0 Å². The van der Waals surface area contributed by atoms with E-state index in [2.05, 4.69) is 0 Å². The van der Waals surface area contributed by atoms with E-state index >= 15 is 0 Å². The van der Waals surface area contributed by atoms with Crippen molar-refractivity contribution in [3.8, 4) is 0 Å². The highest BCUT2D eigenvalue weighted by molar-refractivity contribution is 7.89. The Morgan fingerprint density at radius 3 is 2.34 bits per heavy atom. The molecule has 0 aromatic heterocycles. The fourth-order valence-electron chi connectivity index (χ4n) is 4.19. The molecule has 2 amide bonds. The lowest BCUT2D eigenvalue weighted by molar-refractivity contribution is -0.133. The van der Waals surface area contributed by atoms with E-state index in [4.69, 9.17) is 5.73 Å². The lowest BCUT2D eigenvalue weighted by atomic mass is 9.93. The molecule has 0 aliphatic carbocycles. The molecule has 1 aromatic carbocycles. The van der Waals surface area contributed by atoms with Gasteiger partial charge in [-0.15, -0.1) is 0 Å². The standard InChI is InChI=1S/C21H31N3O4S/c22-20(25)11-7-18-4-3-13-23(16-18)21(26)12-8-17-5-9-19(10-6-17)29(27,28)24-14-1-2-15-24/h5-6,9-10,18H,1-4,7-8,11-16H2,(H2,22,25). The number of nitrogens with zero attached hydrogens (tertiary/aromatic N) is 2. The maximum Gasteiger partial charge on any atom is 0.243 e. The molecule has 1 aromatic rings. The van der Waals surface area contributed by atoms with Crippen LogP contribution in [-0.4, -0.2) is 55.6 Å². The molecule has 3 rings (SSSR count). The normalized spacial score (nSPS) is 20.7. The number of carbonyl (C=O) groups is 2. The Kier molecular flexibility index (Phi) is 7.29. The predicted molar refractivity (Wildman–Crippen MR) is 110 cm³/mol. The summed E-state index contributed by atoms with van der Waals surface area (Å²) in [6.45, 7) is 2.64. The molecule has 2 saturated heterocycles. The van der Waals surface area contributed by atoms with Gasteiger partial charge in [-0.05, 0) is 62.1 Å². The minimum absolute atomic E-state index is 0.113. The number of nitrogens with two attached hydrogens (primary N) is 1. The fourth-order valence-corrected chi connectivity index (χ4v) is 5.71. The zero-order valence-corrected chi connectivity index (χ0v) is 17.7. The summed E-state index contributed by atoms with van der Waals surface area (Å²) in [4.78, 5) is 25.8. The second-order valence-electron chi connectivity index (χ2n) is 8.11. The Balaban J connectivity index is 1.50. The van der Waals surface area contributed by atoms with E-state index in [9.17, 15) is 18.0 Å². The topological polar surface area (TPSA) is 101 Å². The van der Waals surface area contributed by atoms with Gasteiger partial charge in [0.2, 0.25) is 21.8 Å². The predicted octanol–water partition coefficient (Wildman–Crippen LogP) is 1.91. The number of rotatable bonds is 8. The molecule has 7 nitrogen and oxygen atoms in total. The molecular weight excluding hydrogens is 390 g/mol. The van der Waals surface area contributed by atoms with E-state index in [1.165, 1.54) is 4.31 Å². The molecule has 2 N–H and O–H groups in total. The van der Waals surface area contributed by atoms with Crippen molar-refractivity contribution in [1.82, 2.24) is 9.21 Å². The van der Waals surface area contributed by atoms with Gasteiger partial charge in [-0.1, -0.05) is 12.1 Å². The molecule has 0 spiro atoms. The number of amides is 2. The zero-order chi connectivity index (χ0) is 20.9. The maximum atomic E-state index is 12.6. The largest absolute Gasteiger partial charge is 0.370 e. The first-order chi connectivity index (χ1) is 13.9. The first kappa shape index (κ1) is 21.8. The first-order valence-corrected chi connectivity index (χ1v) is 12.0. The minimum Gasteiger partial charge on any atom is -0.370 e. The molecular formula is C21H31N3O4S. The van der Waals surface area contributed by atoms with Gasteiger partial charge in [0.1, 0.15) is 0 Å². The number of aryl methyl sites for hydroxylation is 1. The van der Waals surface area contributed by atoms with Crippen LogP contribution in [0.25, 0.3) is 0 Å². The third-order valence-electron chi connectivity index (χ3n) is 5.92. The van der Waals surface area contributed by atoms with Gasteiger partial charge in [-0.3, -0.25) is 9.59 Å². The Morgan fingerprint density at radius 1 is 1.00 bits per heavy atom. The number of carbonyl (C=O) groups excluding carboxylic acids is 2. The summed E-state index contributed by atoms with van der Waals surface area (Å²) in [5.41, 5.74) is 6.19. The molecule has 1 unspecified atom stereocenters. The van der Waals surface area contributed by atoms with Gasteiger partial charge < -0.3 is 10.6 Å². The number of hydrogen-bond acceptors (Lipinski definition) is 4. The smallest absolute Gasteiger partial charge is 0.243 e. The summed E-state index contributed by atoms with van der Waals surface area (Å²) < 4.78 is 26.7. The Labute approximate surface area is 173 Å². The van der Waals surface area contributed by atoms with Gasteiger partial charge in [0.05, 0.1) is 4.90 Å². The number of primary amides is 1. The average Bonchev–Trinajstić information content (AvgIpc) is 3.27. The van der Waals surface area contributed by atoms with Crippen LogP contribution in [0.1, 0.15) is 50.5 Å². The van der Waals surface area contributed by atoms with Crippen molar-refractivity contribution >= 4 is 21.8 Å². The van der Waals surface area contributed by atoms with Gasteiger partial charge in [0, 0.05) is 39.0 Å². The number of piperidine rings is 1. The highest BCUT2D eigenvalue weighted by Gasteiger charge is 2.27. The van der Waals surface area contributed by atoms with Crippen molar-refractivity contribution < 1.29 is 18.0 Å². The van der Waals surface area contributed by atoms with Crippen molar-refractivity contribution in [3.05, 3.63) is 29.8 Å². The Morgan fingerprint density at radius 2 is 1.69 bits per heavy atom. The van der Waals surface area contributed by atoms with Gasteiger partial charge in [-0.25, -0.2) is 8.42 Å². The van der Waals surface area contributed by atoms with Crippen LogP contribution >= 0.6 is 0 Å². The van der Waals surface area contributed by atoms with Crippen molar-refractivity contribution in [1.29, 1.82) is 0 Å². The van der Waals surface area contributed by atoms with Crippen LogP contribution < -0.4 is 5.73 Å². The van der Waals surface area contributed by atoms with Crippen molar-refractivity contribution in [2.45, 2.75) is 56.3 Å². The van der Waals surface area contributed by atoms with Crippen molar-refractivity contribution in [2.24, 2.45) is 11.7 Å². The molecule has 29 heavy (non-hydrogen) atoms. The van der Waals surface area contributed by atoms with Crippen LogP contribution in [0.2, 0.25) is 0 Å². The lowest BCUT2D eigenvalue weighted by Crippen LogP contribution is -2.40. The van der Waals surface area contributed by atoms with Crippen LogP contribution in [0.15, 0.2) is 29.2 Å². The van der Waals surface area contributed by atoms with Crippen LogP contribution in [0.3, 0.4) is 0 Å². The molecule has 160 valence electrons. The Hall–Kier alpha value is -1.93. The van der Waals surface area contributed by atoms with Crippen LogP contribution in [-0.2, 0) is 26.0 Å². The lowest BCUT2D eigenvalue weighted by Gasteiger charge is -2.32. The quantitative estimate of drug-likeness (QED) is 0.693. The molecule has 2 aliphatic rings. The highest BCUT2D eigenvalue weighted by atomic mass is 32.2. The van der Waals surface area contributed by atoms with Gasteiger partial charge in [0.25, 0.3) is 0 Å². The average molecular weight is 422 g/mol. The molecule has 2 heterocycles. The molecule has 2 aliphatic heterocycles. The summed E-state index contributed by atoms with van der Waals surface area (Å²) in [6.07, 6.45) is 5.93. The van der Waals surface area contributed by atoms with Crippen molar-refractivity contribution in [2.75, 3.05) is 26.2 Å². The van der Waals surface area contributed by atoms with E-state index in [1.807, 2.05) is 17.0 Å². The fraction of sp³-hybridized carbons (Fsp3) is 0.619. The van der Waals surface area contributed by atoms with Crippen LogP contribution in [0.4, 0.5) is 0 Å². The first-order valence-electron chi connectivity index (χ1n) is 10.5. The van der Waals surface area contributed by atoms with Gasteiger partial charge in [-0.2, -0.15) is 4.31 Å². The van der Waals surface area contributed by atoms with E-state index in [0.29, 0.717) is 49.7 Å². The SMILES string of the molecule is NC(=O)CCC1CCCN(C(=O)CCc2ccc(S(=O)(=O)N3CCCC3)cc2)C1. The maximum absolute atomic E-state index is 12.6. The third-order valence-corrected chi connectivity index (χ3v) is 7.84. The second-order valence-corrected chi connectivity index (χ2v) is 10.0. The zero-order valence-electron chi connectivity index (χ0n) is 16.9. The molecule has 8 heteroatoms. The van der Waals surface area contributed by atoms with Gasteiger partial charge >= 0.3 is 0 Å². The molecule has 0 radical (unpaired) electrons. The Bertz CT molecular complexity index is 817. The monoisotopic (exact) mass is 421 g/mol. The van der Waals surface area contributed by atoms with Crippen LogP contribution in [0, 0.1) is 5.92 Å². The molecule has 1 atom stereocenters. The van der Waals surface area contributed by atoms with E-state index < -0.39 is 10.0 Å². The summed E-state index contributed by atoms with van der Waals surface area (Å²) in [5, 5.41) is 0. The molecule has 2 fully saturated rings. The molecule has 0 saturated carbocycles. The summed E-state index contributed by atoms with van der Waals surface area (Å²) in [5.74, 6) is 0.168. The van der Waals surface area contributed by atoms with E-state index in [0.717, 1.165) is 44.2 Å². The summed E-state index contributed by atoms with van der Waals surface area (Å²) in [6, 6.07) is 6.91. The second kappa shape index (κ2) is 9.71. The minimum atomic E-state index is -3.40. The van der Waals surface area contributed by atoms with Crippen LogP contribution in [0.5, 0.6) is 0 Å². The highest BCUT2D eigenvalue weighted by Crippen LogP contribution is 2.23. The number of benzene rings is 1. The third kappa shape index (κ3) is 5.79. The van der Waals surface area contributed by atoms with Gasteiger partial charge in [0.15, 0.2) is 0 Å².